The van der Waals surface area contributed by atoms with Crippen LogP contribution in [0.2, 0.25) is 0 Å². The monoisotopic (exact) mass is 453 g/mol. The van der Waals surface area contributed by atoms with Crippen LogP contribution in [-0.2, 0) is 27.2 Å². The molecule has 0 aliphatic rings. The van der Waals surface area contributed by atoms with E-state index >= 15 is 0 Å². The zero-order valence-corrected chi connectivity index (χ0v) is 19.7. The highest BCUT2D eigenvalue weighted by atomic mass is 16.5. The van der Waals surface area contributed by atoms with Crippen LogP contribution in [0.5, 0.6) is 5.75 Å². The number of benzene rings is 2. The normalized spacial score (nSPS) is 10.9. The summed E-state index contributed by atoms with van der Waals surface area (Å²) < 4.78 is 10.4. The zero-order chi connectivity index (χ0) is 24.8. The second-order valence-corrected chi connectivity index (χ2v) is 9.18. The molecule has 176 valence electrons. The number of amidine groups is 1. The lowest BCUT2D eigenvalue weighted by Crippen LogP contribution is -2.27. The lowest BCUT2D eigenvalue weighted by molar-refractivity contribution is -0.150. The minimum atomic E-state index is -0.533. The lowest BCUT2D eigenvalue weighted by Gasteiger charge is -2.20. The van der Waals surface area contributed by atoms with E-state index in [-0.39, 0.29) is 30.2 Å². The smallest absolute Gasteiger partial charge is 0.343 e. The van der Waals surface area contributed by atoms with Crippen LogP contribution in [-0.4, -0.2) is 49.3 Å². The van der Waals surface area contributed by atoms with Crippen molar-refractivity contribution in [1.82, 2.24) is 4.90 Å². The van der Waals surface area contributed by atoms with Crippen molar-refractivity contribution in [1.29, 1.82) is 5.41 Å². The number of hydrogen-bond acceptors (Lipinski definition) is 6. The van der Waals surface area contributed by atoms with Gasteiger partial charge in [-0.05, 0) is 47.2 Å². The van der Waals surface area contributed by atoms with E-state index in [2.05, 4.69) is 20.8 Å². The molecule has 8 nitrogen and oxygen atoms in total. The molecule has 0 aliphatic heterocycles. The molecule has 0 bridgehead atoms. The Balaban J connectivity index is 2.04. The molecule has 0 atom stereocenters. The average Bonchev–Trinajstić information content (AvgIpc) is 2.71. The maximum atomic E-state index is 12.7. The molecule has 33 heavy (non-hydrogen) atoms. The number of esters is 2. The molecule has 0 fully saturated rings. The third kappa shape index (κ3) is 8.07. The number of nitrogens with two attached hydrogens (primary N) is 1. The fourth-order valence-corrected chi connectivity index (χ4v) is 3.03. The summed E-state index contributed by atoms with van der Waals surface area (Å²) in [5.74, 6) is -1.07. The van der Waals surface area contributed by atoms with Gasteiger partial charge >= 0.3 is 11.9 Å². The number of ether oxygens (including phenoxy) is 2. The maximum absolute atomic E-state index is 12.7. The topological polar surface area (TPSA) is 123 Å². The van der Waals surface area contributed by atoms with E-state index in [1.807, 2.05) is 0 Å². The molecule has 0 saturated carbocycles. The van der Waals surface area contributed by atoms with Crippen molar-refractivity contribution in [2.24, 2.45) is 11.1 Å². The van der Waals surface area contributed by atoms with E-state index in [0.29, 0.717) is 28.9 Å². The van der Waals surface area contributed by atoms with Gasteiger partial charge in [0.2, 0.25) is 0 Å². The number of amides is 1. The van der Waals surface area contributed by atoms with Crippen LogP contribution in [0.4, 0.5) is 0 Å². The van der Waals surface area contributed by atoms with Gasteiger partial charge in [-0.1, -0.05) is 39.0 Å². The molecule has 0 aromatic heterocycles. The number of hydrogen-bond donors (Lipinski definition) is 2. The minimum absolute atomic E-state index is 0.00237. The Morgan fingerprint density at radius 1 is 1.03 bits per heavy atom. The van der Waals surface area contributed by atoms with Crippen LogP contribution in [0, 0.1) is 10.8 Å². The predicted octanol–water partition coefficient (Wildman–Crippen LogP) is 2.95. The van der Waals surface area contributed by atoms with Crippen molar-refractivity contribution >= 4 is 23.7 Å². The highest BCUT2D eigenvalue weighted by Gasteiger charge is 2.18. The Labute approximate surface area is 194 Å². The summed E-state index contributed by atoms with van der Waals surface area (Å²) in [5, 5.41) is 7.79. The number of nitrogens with one attached hydrogen (secondary N) is 1. The zero-order valence-electron chi connectivity index (χ0n) is 19.7. The molecule has 1 amide bonds. The van der Waals surface area contributed by atoms with Crippen molar-refractivity contribution in [2.45, 2.75) is 33.6 Å². The van der Waals surface area contributed by atoms with Crippen LogP contribution < -0.4 is 10.5 Å². The highest BCUT2D eigenvalue weighted by Crippen LogP contribution is 2.24. The van der Waals surface area contributed by atoms with E-state index < -0.39 is 11.9 Å². The molecular weight excluding hydrogens is 422 g/mol. The van der Waals surface area contributed by atoms with Gasteiger partial charge in [0.05, 0.1) is 12.0 Å². The third-order valence-electron chi connectivity index (χ3n) is 4.69. The van der Waals surface area contributed by atoms with Gasteiger partial charge in [0, 0.05) is 19.7 Å². The summed E-state index contributed by atoms with van der Waals surface area (Å²) in [6.45, 7) is 5.90. The summed E-state index contributed by atoms with van der Waals surface area (Å²) in [5.41, 5.74) is 8.08. The molecular formula is C25H31N3O5. The first-order valence-corrected chi connectivity index (χ1v) is 10.5. The molecule has 2 rings (SSSR count). The van der Waals surface area contributed by atoms with E-state index in [9.17, 15) is 14.4 Å². The van der Waals surface area contributed by atoms with Crippen LogP contribution in [0.15, 0.2) is 42.5 Å². The quantitative estimate of drug-likeness (QED) is 0.274. The predicted molar refractivity (Wildman–Crippen MR) is 125 cm³/mol. The van der Waals surface area contributed by atoms with Crippen LogP contribution in [0.1, 0.15) is 47.8 Å². The van der Waals surface area contributed by atoms with E-state index in [4.69, 9.17) is 20.6 Å². The van der Waals surface area contributed by atoms with Gasteiger partial charge in [0.1, 0.15) is 11.6 Å². The molecule has 0 heterocycles. The van der Waals surface area contributed by atoms with Gasteiger partial charge in [-0.15, -0.1) is 0 Å². The van der Waals surface area contributed by atoms with Crippen molar-refractivity contribution in [3.05, 3.63) is 64.7 Å². The fraction of sp³-hybridized carbons (Fsp3) is 0.360. The SMILES string of the molecule is CN(C)C(=O)COC(=O)Cc1ccc(OC(=O)c2ccc(C(=N)N)c(CC(C)(C)C)c2)cc1. The fourth-order valence-electron chi connectivity index (χ4n) is 3.03. The van der Waals surface area contributed by atoms with E-state index in [0.717, 1.165) is 5.56 Å². The van der Waals surface area contributed by atoms with Crippen molar-refractivity contribution in [3.8, 4) is 5.75 Å². The van der Waals surface area contributed by atoms with Crippen molar-refractivity contribution in [2.75, 3.05) is 20.7 Å². The number of carbonyl (C=O) groups excluding carboxylic acids is 3. The van der Waals surface area contributed by atoms with Gasteiger partial charge in [-0.3, -0.25) is 15.0 Å². The van der Waals surface area contributed by atoms with Crippen molar-refractivity contribution in [3.63, 3.8) is 0 Å². The molecule has 2 aromatic carbocycles. The summed E-state index contributed by atoms with van der Waals surface area (Å²) in [6, 6.07) is 11.4. The van der Waals surface area contributed by atoms with E-state index in [1.165, 1.54) is 4.90 Å². The number of carbonyl (C=O) groups is 3. The Hall–Kier alpha value is -3.68. The first-order valence-electron chi connectivity index (χ1n) is 10.5. The second kappa shape index (κ2) is 10.8. The van der Waals surface area contributed by atoms with Crippen LogP contribution in [0.25, 0.3) is 0 Å². The second-order valence-electron chi connectivity index (χ2n) is 9.18. The van der Waals surface area contributed by atoms with Gasteiger partial charge in [0.25, 0.3) is 5.91 Å². The van der Waals surface area contributed by atoms with Crippen LogP contribution in [0.3, 0.4) is 0 Å². The largest absolute Gasteiger partial charge is 0.455 e. The molecule has 0 unspecified atom stereocenters. The molecule has 2 aromatic rings. The summed E-state index contributed by atoms with van der Waals surface area (Å²) in [4.78, 5) is 37.4. The lowest BCUT2D eigenvalue weighted by atomic mass is 9.85. The molecule has 0 saturated heterocycles. The van der Waals surface area contributed by atoms with Gasteiger partial charge in [-0.2, -0.15) is 0 Å². The standard InChI is InChI=1S/C25H31N3O5/c1-25(2,3)14-18-13-17(8-11-20(18)23(26)27)24(31)33-19-9-6-16(7-10-19)12-22(30)32-15-21(29)28(4)5/h6-11,13H,12,14-15H2,1-5H3,(H3,26,27). The van der Waals surface area contributed by atoms with Gasteiger partial charge in [0.15, 0.2) is 6.61 Å². The Morgan fingerprint density at radius 2 is 1.67 bits per heavy atom. The van der Waals surface area contributed by atoms with Crippen molar-refractivity contribution < 1.29 is 23.9 Å². The Bertz CT molecular complexity index is 1040. The maximum Gasteiger partial charge on any atom is 0.343 e. The molecule has 3 N–H and O–H groups in total. The molecule has 0 spiro atoms. The number of rotatable bonds is 8. The number of likely N-dealkylation sites (N-methyl/N-ethyl adjacent to an activating group) is 1. The Kier molecular flexibility index (Phi) is 8.34. The molecule has 8 heteroatoms. The van der Waals surface area contributed by atoms with Gasteiger partial charge in [-0.25, -0.2) is 4.79 Å². The summed E-state index contributed by atoms with van der Waals surface area (Å²) >= 11 is 0. The van der Waals surface area contributed by atoms with Crippen LogP contribution >= 0.6 is 0 Å². The summed E-state index contributed by atoms with van der Waals surface area (Å²) in [6.07, 6.45) is 0.644. The Morgan fingerprint density at radius 3 is 2.21 bits per heavy atom. The molecule has 0 radical (unpaired) electrons. The number of nitrogen functional groups attached to an aromatic ring is 1. The summed E-state index contributed by atoms with van der Waals surface area (Å²) in [7, 11) is 3.17. The first kappa shape index (κ1) is 25.6. The molecule has 0 aliphatic carbocycles. The minimum Gasteiger partial charge on any atom is -0.455 e. The van der Waals surface area contributed by atoms with E-state index in [1.54, 1.807) is 56.6 Å². The number of nitrogens with zero attached hydrogens (tertiary/aromatic N) is 1. The third-order valence-corrected chi connectivity index (χ3v) is 4.69. The average molecular weight is 454 g/mol. The highest BCUT2D eigenvalue weighted by molar-refractivity contribution is 5.98. The first-order chi connectivity index (χ1) is 15.4. The van der Waals surface area contributed by atoms with Gasteiger partial charge < -0.3 is 20.1 Å².